The fourth-order valence-electron chi connectivity index (χ4n) is 3.08. The number of amides is 1. The number of hydrogen-bond acceptors (Lipinski definition) is 4. The van der Waals surface area contributed by atoms with Gasteiger partial charge in [0.2, 0.25) is 5.91 Å². The third-order valence-corrected chi connectivity index (χ3v) is 5.08. The number of methoxy groups -OCH3 is 1. The first-order valence-electron chi connectivity index (χ1n) is 8.74. The maximum atomic E-state index is 12.5. The number of para-hydroxylation sites is 2. The molecular formula is C20H24ClN3O2. The molecule has 2 aromatic rings. The third kappa shape index (κ3) is 4.22. The summed E-state index contributed by atoms with van der Waals surface area (Å²) >= 11 is 6.13. The van der Waals surface area contributed by atoms with E-state index in [9.17, 15) is 4.79 Å². The van der Waals surface area contributed by atoms with Crippen LogP contribution in [-0.2, 0) is 4.79 Å². The van der Waals surface area contributed by atoms with Crippen LogP contribution in [0.1, 0.15) is 5.56 Å². The summed E-state index contributed by atoms with van der Waals surface area (Å²) in [6.45, 7) is 5.22. The van der Waals surface area contributed by atoms with Gasteiger partial charge in [-0.25, -0.2) is 0 Å². The maximum Gasteiger partial charge on any atom is 0.241 e. The van der Waals surface area contributed by atoms with Gasteiger partial charge in [-0.2, -0.15) is 0 Å². The Kier molecular flexibility index (Phi) is 5.89. The smallest absolute Gasteiger partial charge is 0.241 e. The van der Waals surface area contributed by atoms with Gasteiger partial charge in [-0.05, 0) is 36.8 Å². The number of carbonyl (C=O) groups excluding carboxylic acids is 1. The van der Waals surface area contributed by atoms with Gasteiger partial charge in [-0.3, -0.25) is 4.79 Å². The number of benzene rings is 2. The van der Waals surface area contributed by atoms with E-state index in [1.54, 1.807) is 7.11 Å². The van der Waals surface area contributed by atoms with Gasteiger partial charge in [-0.1, -0.05) is 29.8 Å². The van der Waals surface area contributed by atoms with E-state index in [0.717, 1.165) is 35.8 Å². The van der Waals surface area contributed by atoms with Crippen molar-refractivity contribution in [3.63, 3.8) is 0 Å². The molecule has 0 aliphatic carbocycles. The number of anilines is 2. The summed E-state index contributed by atoms with van der Waals surface area (Å²) in [7, 11) is 1.68. The van der Waals surface area contributed by atoms with Crippen molar-refractivity contribution >= 4 is 28.9 Å². The number of aryl methyl sites for hydroxylation is 1. The van der Waals surface area contributed by atoms with Gasteiger partial charge < -0.3 is 19.9 Å². The second kappa shape index (κ2) is 8.32. The first-order chi connectivity index (χ1) is 12.6. The highest BCUT2D eigenvalue weighted by Crippen LogP contribution is 2.28. The van der Waals surface area contributed by atoms with Crippen LogP contribution in [0.3, 0.4) is 0 Å². The molecule has 0 spiro atoms. The van der Waals surface area contributed by atoms with Gasteiger partial charge in [0.1, 0.15) is 5.75 Å². The minimum absolute atomic E-state index is 0.0985. The fourth-order valence-corrected chi connectivity index (χ4v) is 3.26. The molecule has 0 bridgehead atoms. The highest BCUT2D eigenvalue weighted by molar-refractivity contribution is 6.31. The SMILES string of the molecule is COc1ccccc1N1CCN(C(=O)CNc2ccc(C)c(Cl)c2)CC1. The second-order valence-corrected chi connectivity index (χ2v) is 6.76. The molecule has 1 aliphatic rings. The number of nitrogens with one attached hydrogen (secondary N) is 1. The van der Waals surface area contributed by atoms with Gasteiger partial charge >= 0.3 is 0 Å². The lowest BCUT2D eigenvalue weighted by atomic mass is 10.2. The van der Waals surface area contributed by atoms with E-state index in [0.29, 0.717) is 18.1 Å². The molecule has 0 aromatic heterocycles. The second-order valence-electron chi connectivity index (χ2n) is 6.36. The average Bonchev–Trinajstić information content (AvgIpc) is 2.68. The standard InChI is InChI=1S/C20H24ClN3O2/c1-15-7-8-16(13-17(15)21)22-14-20(25)24-11-9-23(10-12-24)18-5-3-4-6-19(18)26-2/h3-8,13,22H,9-12,14H2,1-2H3. The molecule has 6 heteroatoms. The van der Waals surface area contributed by atoms with Crippen LogP contribution in [0.15, 0.2) is 42.5 Å². The molecule has 2 aromatic carbocycles. The van der Waals surface area contributed by atoms with Crippen molar-refractivity contribution in [2.75, 3.05) is 50.1 Å². The highest BCUT2D eigenvalue weighted by Gasteiger charge is 2.22. The number of halogens is 1. The Morgan fingerprint density at radius 3 is 2.58 bits per heavy atom. The molecular weight excluding hydrogens is 350 g/mol. The van der Waals surface area contributed by atoms with E-state index in [1.165, 1.54) is 0 Å². The molecule has 1 N–H and O–H groups in total. The molecule has 138 valence electrons. The Labute approximate surface area is 159 Å². The van der Waals surface area contributed by atoms with Crippen molar-refractivity contribution in [3.05, 3.63) is 53.1 Å². The lowest BCUT2D eigenvalue weighted by Gasteiger charge is -2.36. The molecule has 0 saturated carbocycles. The number of nitrogens with zero attached hydrogens (tertiary/aromatic N) is 2. The molecule has 1 heterocycles. The quantitative estimate of drug-likeness (QED) is 0.872. The van der Waals surface area contributed by atoms with E-state index in [1.807, 2.05) is 48.2 Å². The summed E-state index contributed by atoms with van der Waals surface area (Å²) in [5.74, 6) is 0.964. The topological polar surface area (TPSA) is 44.8 Å². The number of ether oxygens (including phenoxy) is 1. The van der Waals surface area contributed by atoms with Crippen LogP contribution in [0.4, 0.5) is 11.4 Å². The van der Waals surface area contributed by atoms with Crippen LogP contribution in [-0.4, -0.2) is 50.6 Å². The van der Waals surface area contributed by atoms with Crippen LogP contribution in [0.2, 0.25) is 5.02 Å². The van der Waals surface area contributed by atoms with E-state index in [-0.39, 0.29) is 12.5 Å². The van der Waals surface area contributed by atoms with Crippen molar-refractivity contribution in [2.45, 2.75) is 6.92 Å². The van der Waals surface area contributed by atoms with Crippen LogP contribution in [0.25, 0.3) is 0 Å². The Hall–Kier alpha value is -2.40. The monoisotopic (exact) mass is 373 g/mol. The zero-order valence-corrected chi connectivity index (χ0v) is 15.9. The number of hydrogen-bond donors (Lipinski definition) is 1. The van der Waals surface area contributed by atoms with Crippen LogP contribution >= 0.6 is 11.6 Å². The van der Waals surface area contributed by atoms with Gasteiger partial charge in [-0.15, -0.1) is 0 Å². The van der Waals surface area contributed by atoms with Crippen molar-refractivity contribution < 1.29 is 9.53 Å². The molecule has 5 nitrogen and oxygen atoms in total. The first kappa shape index (κ1) is 18.4. The van der Waals surface area contributed by atoms with E-state index in [2.05, 4.69) is 16.3 Å². The average molecular weight is 374 g/mol. The van der Waals surface area contributed by atoms with Crippen molar-refractivity contribution in [1.82, 2.24) is 4.90 Å². The molecule has 26 heavy (non-hydrogen) atoms. The Morgan fingerprint density at radius 2 is 1.88 bits per heavy atom. The molecule has 1 aliphatic heterocycles. The van der Waals surface area contributed by atoms with Gasteiger partial charge in [0, 0.05) is 36.9 Å². The van der Waals surface area contributed by atoms with Crippen LogP contribution in [0, 0.1) is 6.92 Å². The predicted molar refractivity (Wildman–Crippen MR) is 106 cm³/mol. The van der Waals surface area contributed by atoms with Crippen molar-refractivity contribution in [1.29, 1.82) is 0 Å². The predicted octanol–water partition coefficient (Wildman–Crippen LogP) is 3.42. The van der Waals surface area contributed by atoms with Crippen molar-refractivity contribution in [2.24, 2.45) is 0 Å². The zero-order valence-electron chi connectivity index (χ0n) is 15.2. The minimum Gasteiger partial charge on any atom is -0.495 e. The molecule has 0 atom stereocenters. The maximum absolute atomic E-state index is 12.5. The van der Waals surface area contributed by atoms with Gasteiger partial charge in [0.05, 0.1) is 19.3 Å². The number of carbonyl (C=O) groups is 1. The van der Waals surface area contributed by atoms with E-state index in [4.69, 9.17) is 16.3 Å². The summed E-state index contributed by atoms with van der Waals surface area (Å²) in [5.41, 5.74) is 2.96. The van der Waals surface area contributed by atoms with Crippen LogP contribution in [0.5, 0.6) is 5.75 Å². The lowest BCUT2D eigenvalue weighted by molar-refractivity contribution is -0.129. The Balaban J connectivity index is 1.52. The lowest BCUT2D eigenvalue weighted by Crippen LogP contribution is -2.50. The number of piperazine rings is 1. The van der Waals surface area contributed by atoms with Crippen molar-refractivity contribution in [3.8, 4) is 5.75 Å². The summed E-state index contributed by atoms with van der Waals surface area (Å²) in [6.07, 6.45) is 0. The van der Waals surface area contributed by atoms with E-state index < -0.39 is 0 Å². The summed E-state index contributed by atoms with van der Waals surface area (Å²) < 4.78 is 5.44. The molecule has 1 saturated heterocycles. The van der Waals surface area contributed by atoms with Gasteiger partial charge in [0.15, 0.2) is 0 Å². The molecule has 1 amide bonds. The first-order valence-corrected chi connectivity index (χ1v) is 9.12. The number of rotatable bonds is 5. The molecule has 1 fully saturated rings. The normalized spacial score (nSPS) is 14.3. The fraction of sp³-hybridized carbons (Fsp3) is 0.350. The summed E-state index contributed by atoms with van der Waals surface area (Å²) in [5, 5.41) is 3.86. The largest absolute Gasteiger partial charge is 0.495 e. The van der Waals surface area contributed by atoms with Gasteiger partial charge in [0.25, 0.3) is 0 Å². The summed E-state index contributed by atoms with van der Waals surface area (Å²) in [4.78, 5) is 16.6. The Bertz CT molecular complexity index is 773. The summed E-state index contributed by atoms with van der Waals surface area (Å²) in [6, 6.07) is 13.7. The Morgan fingerprint density at radius 1 is 1.15 bits per heavy atom. The highest BCUT2D eigenvalue weighted by atomic mass is 35.5. The van der Waals surface area contributed by atoms with E-state index >= 15 is 0 Å². The minimum atomic E-state index is 0.0985. The molecule has 0 radical (unpaired) electrons. The molecule has 0 unspecified atom stereocenters. The molecule has 3 rings (SSSR count). The third-order valence-electron chi connectivity index (χ3n) is 4.67. The van der Waals surface area contributed by atoms with Crippen LogP contribution < -0.4 is 15.0 Å². The zero-order chi connectivity index (χ0) is 18.5.